The van der Waals surface area contributed by atoms with Crippen LogP contribution in [0.15, 0.2) is 0 Å². The van der Waals surface area contributed by atoms with Gasteiger partial charge in [-0.25, -0.2) is 0 Å². The van der Waals surface area contributed by atoms with E-state index in [4.69, 9.17) is 0 Å². The van der Waals surface area contributed by atoms with Crippen molar-refractivity contribution >= 4 is 23.5 Å². The van der Waals surface area contributed by atoms with E-state index in [1.54, 1.807) is 0 Å². The second-order valence-corrected chi connectivity index (χ2v) is 7.97. The van der Waals surface area contributed by atoms with Crippen LogP contribution in [0, 0.1) is 5.41 Å². The van der Waals surface area contributed by atoms with E-state index in [0.717, 1.165) is 0 Å². The molecule has 2 heterocycles. The highest BCUT2D eigenvalue weighted by atomic mass is 32.2. The molecule has 1 nitrogen and oxygen atoms in total. The van der Waals surface area contributed by atoms with Gasteiger partial charge in [0.1, 0.15) is 0 Å². The third-order valence-corrected chi connectivity index (χ3v) is 6.29. The van der Waals surface area contributed by atoms with Gasteiger partial charge in [0, 0.05) is 11.8 Å². The molecule has 0 aromatic carbocycles. The zero-order valence-electron chi connectivity index (χ0n) is 9.43. The fourth-order valence-corrected chi connectivity index (χ4v) is 6.04. The van der Waals surface area contributed by atoms with Gasteiger partial charge in [-0.2, -0.15) is 11.8 Å². The number of hydrogen-bond donors (Lipinski definition) is 1. The molecule has 1 spiro atoms. The van der Waals surface area contributed by atoms with E-state index in [1.807, 2.05) is 0 Å². The summed E-state index contributed by atoms with van der Waals surface area (Å²) in [6, 6.07) is 0.714. The fourth-order valence-electron chi connectivity index (χ4n) is 2.55. The van der Waals surface area contributed by atoms with Crippen LogP contribution in [0.25, 0.3) is 0 Å². The lowest BCUT2D eigenvalue weighted by Crippen LogP contribution is -2.56. The van der Waals surface area contributed by atoms with Crippen LogP contribution in [0.4, 0.5) is 0 Å². The molecule has 2 aliphatic heterocycles. The van der Waals surface area contributed by atoms with Crippen molar-refractivity contribution in [2.75, 3.05) is 17.3 Å². The molecule has 2 atom stereocenters. The molecule has 2 unspecified atom stereocenters. The summed E-state index contributed by atoms with van der Waals surface area (Å²) in [4.78, 5) is 0.393. The van der Waals surface area contributed by atoms with Gasteiger partial charge in [-0.1, -0.05) is 13.8 Å². The Morgan fingerprint density at radius 2 is 2.07 bits per heavy atom. The molecule has 0 amide bonds. The van der Waals surface area contributed by atoms with Crippen molar-refractivity contribution < 1.29 is 0 Å². The van der Waals surface area contributed by atoms with E-state index in [1.165, 1.54) is 30.1 Å². The molecule has 0 bridgehead atoms. The average molecular weight is 231 g/mol. The summed E-state index contributed by atoms with van der Waals surface area (Å²) in [5.74, 6) is 3.96. The molecular formula is C11H21NS2. The number of nitrogens with one attached hydrogen (secondary N) is 1. The van der Waals surface area contributed by atoms with Crippen LogP contribution < -0.4 is 5.32 Å². The molecule has 2 rings (SSSR count). The van der Waals surface area contributed by atoms with Gasteiger partial charge < -0.3 is 0 Å². The molecule has 0 aromatic heterocycles. The predicted octanol–water partition coefficient (Wildman–Crippen LogP) is 2.96. The first-order chi connectivity index (χ1) is 6.52. The van der Waals surface area contributed by atoms with Crippen LogP contribution in [-0.2, 0) is 0 Å². The summed E-state index contributed by atoms with van der Waals surface area (Å²) in [7, 11) is 0. The Balaban J connectivity index is 2.06. The van der Waals surface area contributed by atoms with E-state index < -0.39 is 0 Å². The molecule has 3 heteroatoms. The molecule has 0 aliphatic carbocycles. The summed E-state index contributed by atoms with van der Waals surface area (Å²) >= 11 is 4.29. The largest absolute Gasteiger partial charge is 0.300 e. The molecule has 14 heavy (non-hydrogen) atoms. The monoisotopic (exact) mass is 231 g/mol. The third kappa shape index (κ3) is 2.42. The quantitative estimate of drug-likeness (QED) is 0.688. The second kappa shape index (κ2) is 3.91. The maximum absolute atomic E-state index is 3.83. The molecular weight excluding hydrogens is 210 g/mol. The summed E-state index contributed by atoms with van der Waals surface area (Å²) in [6.45, 7) is 7.14. The molecule has 0 radical (unpaired) electrons. The first-order valence-corrected chi connectivity index (χ1v) is 7.65. The topological polar surface area (TPSA) is 12.0 Å². The van der Waals surface area contributed by atoms with Crippen LogP contribution in [-0.4, -0.2) is 28.2 Å². The van der Waals surface area contributed by atoms with E-state index >= 15 is 0 Å². The van der Waals surface area contributed by atoms with Gasteiger partial charge in [0.05, 0.1) is 4.87 Å². The molecule has 0 saturated carbocycles. The van der Waals surface area contributed by atoms with Crippen molar-refractivity contribution in [3.8, 4) is 0 Å². The van der Waals surface area contributed by atoms with Crippen molar-refractivity contribution in [1.29, 1.82) is 0 Å². The number of thioether (sulfide) groups is 2. The van der Waals surface area contributed by atoms with Crippen LogP contribution in [0.5, 0.6) is 0 Å². The molecule has 1 N–H and O–H groups in total. The Labute approximate surface area is 96.2 Å². The van der Waals surface area contributed by atoms with Crippen LogP contribution in [0.3, 0.4) is 0 Å². The van der Waals surface area contributed by atoms with Gasteiger partial charge in [0.2, 0.25) is 0 Å². The standard InChI is InChI=1S/C11H21NS2/c1-9-4-5-14-11(12-9)6-10(2,3)7-13-8-11/h9,12H,4-8H2,1-3H3. The smallest absolute Gasteiger partial charge is 0.0743 e. The SMILES string of the molecule is CC1CCSC2(CSCC(C)(C)C2)N1. The molecule has 2 aliphatic rings. The number of rotatable bonds is 0. The summed E-state index contributed by atoms with van der Waals surface area (Å²) < 4.78 is 0. The summed E-state index contributed by atoms with van der Waals surface area (Å²) in [6.07, 6.45) is 2.67. The maximum Gasteiger partial charge on any atom is 0.0743 e. The Bertz CT molecular complexity index is 213. The Kier molecular flexibility index (Phi) is 3.12. The third-order valence-electron chi connectivity index (χ3n) is 3.03. The van der Waals surface area contributed by atoms with Crippen molar-refractivity contribution in [1.82, 2.24) is 5.32 Å². The minimum atomic E-state index is 0.393. The van der Waals surface area contributed by atoms with Crippen LogP contribution in [0.1, 0.15) is 33.6 Å². The number of hydrogen-bond acceptors (Lipinski definition) is 3. The van der Waals surface area contributed by atoms with Crippen LogP contribution >= 0.6 is 23.5 Å². The highest BCUT2D eigenvalue weighted by Gasteiger charge is 2.42. The fraction of sp³-hybridized carbons (Fsp3) is 1.00. The van der Waals surface area contributed by atoms with Crippen molar-refractivity contribution in [3.05, 3.63) is 0 Å². The lowest BCUT2D eigenvalue weighted by Gasteiger charge is -2.48. The average Bonchev–Trinajstić information content (AvgIpc) is 2.00. The normalized spacial score (nSPS) is 42.6. The van der Waals surface area contributed by atoms with E-state index in [2.05, 4.69) is 49.6 Å². The van der Waals surface area contributed by atoms with Crippen molar-refractivity contribution in [3.63, 3.8) is 0 Å². The summed E-state index contributed by atoms with van der Waals surface area (Å²) in [5.41, 5.74) is 0.514. The van der Waals surface area contributed by atoms with Gasteiger partial charge >= 0.3 is 0 Å². The lowest BCUT2D eigenvalue weighted by atomic mass is 9.87. The Morgan fingerprint density at radius 1 is 1.29 bits per heavy atom. The molecule has 2 saturated heterocycles. The minimum absolute atomic E-state index is 0.393. The summed E-state index contributed by atoms with van der Waals surface area (Å²) in [5, 5.41) is 3.83. The van der Waals surface area contributed by atoms with Gasteiger partial charge in [-0.05, 0) is 36.7 Å². The highest BCUT2D eigenvalue weighted by Crippen LogP contribution is 2.46. The predicted molar refractivity (Wildman–Crippen MR) is 68.1 cm³/mol. The van der Waals surface area contributed by atoms with Crippen molar-refractivity contribution in [2.24, 2.45) is 5.41 Å². The molecule has 2 fully saturated rings. The van der Waals surface area contributed by atoms with E-state index in [9.17, 15) is 0 Å². The second-order valence-electron chi connectivity index (χ2n) is 5.51. The Morgan fingerprint density at radius 3 is 2.71 bits per heavy atom. The van der Waals surface area contributed by atoms with Gasteiger partial charge in [0.15, 0.2) is 0 Å². The van der Waals surface area contributed by atoms with E-state index in [-0.39, 0.29) is 0 Å². The Hall–Kier alpha value is 0.660. The minimum Gasteiger partial charge on any atom is -0.300 e. The van der Waals surface area contributed by atoms with E-state index in [0.29, 0.717) is 16.3 Å². The molecule has 0 aromatic rings. The van der Waals surface area contributed by atoms with Crippen LogP contribution in [0.2, 0.25) is 0 Å². The zero-order valence-corrected chi connectivity index (χ0v) is 11.1. The highest BCUT2D eigenvalue weighted by molar-refractivity contribution is 8.04. The maximum atomic E-state index is 3.83. The first kappa shape index (κ1) is 11.2. The van der Waals surface area contributed by atoms with Gasteiger partial charge in [-0.3, -0.25) is 5.32 Å². The first-order valence-electron chi connectivity index (χ1n) is 5.51. The molecule has 82 valence electrons. The van der Waals surface area contributed by atoms with Crippen molar-refractivity contribution in [2.45, 2.75) is 44.5 Å². The zero-order chi connectivity index (χ0) is 10.2. The lowest BCUT2D eigenvalue weighted by molar-refractivity contribution is 0.273. The van der Waals surface area contributed by atoms with Gasteiger partial charge in [0.25, 0.3) is 0 Å². The van der Waals surface area contributed by atoms with Gasteiger partial charge in [-0.15, -0.1) is 11.8 Å².